The topological polar surface area (TPSA) is 52.5 Å². The number of carbonyl (C=O) groups excluding carboxylic acids is 1. The molecule has 5 nitrogen and oxygen atoms in total. The van der Waals surface area contributed by atoms with E-state index < -0.39 is 0 Å². The molecule has 2 aromatic carbocycles. The Hall–Kier alpha value is -3.05. The summed E-state index contributed by atoms with van der Waals surface area (Å²) in [4.78, 5) is 12.6. The number of hydrogen-bond donors (Lipinski definition) is 1. The van der Waals surface area contributed by atoms with Crippen LogP contribution in [0.4, 0.5) is 0 Å². The summed E-state index contributed by atoms with van der Waals surface area (Å²) in [5.41, 5.74) is 6.91. The molecule has 5 heteroatoms. The number of aromatic nitrogens is 1. The van der Waals surface area contributed by atoms with Gasteiger partial charge in [-0.15, -0.1) is 0 Å². The number of benzene rings is 2. The molecule has 0 spiro atoms. The number of carbonyl (C=O) groups is 1. The fourth-order valence-electron chi connectivity index (χ4n) is 5.04. The van der Waals surface area contributed by atoms with Crippen molar-refractivity contribution in [3.63, 3.8) is 0 Å². The fourth-order valence-corrected chi connectivity index (χ4v) is 5.04. The van der Waals surface area contributed by atoms with Crippen LogP contribution in [-0.4, -0.2) is 36.8 Å². The van der Waals surface area contributed by atoms with Crippen molar-refractivity contribution in [3.05, 3.63) is 71.4 Å². The maximum Gasteiger partial charge on any atom is 0.251 e. The Morgan fingerprint density at radius 1 is 1.06 bits per heavy atom. The number of nitrogens with zero attached hydrogens (tertiary/aromatic N) is 1. The predicted octanol–water partition coefficient (Wildman–Crippen LogP) is 5.33. The summed E-state index contributed by atoms with van der Waals surface area (Å²) in [6.45, 7) is 1.37. The summed E-state index contributed by atoms with van der Waals surface area (Å²) in [7, 11) is 1.70. The minimum absolute atomic E-state index is 0.0450. The first-order valence-electron chi connectivity index (χ1n) is 12.1. The number of ether oxygens (including phenoxy) is 2. The lowest BCUT2D eigenvalue weighted by Gasteiger charge is -2.16. The lowest BCUT2D eigenvalue weighted by atomic mass is 10.1. The minimum atomic E-state index is -0.0450. The third-order valence-electron chi connectivity index (χ3n) is 6.82. The molecule has 1 aliphatic heterocycles. The summed E-state index contributed by atoms with van der Waals surface area (Å²) < 4.78 is 13.5. The second kappa shape index (κ2) is 9.84. The fraction of sp³-hybridized carbons (Fsp3) is 0.393. The van der Waals surface area contributed by atoms with Crippen molar-refractivity contribution in [3.8, 4) is 22.7 Å². The van der Waals surface area contributed by atoms with Gasteiger partial charge in [0, 0.05) is 35.7 Å². The zero-order valence-electron chi connectivity index (χ0n) is 19.3. The molecule has 1 amide bonds. The third-order valence-corrected chi connectivity index (χ3v) is 6.82. The number of amides is 1. The van der Waals surface area contributed by atoms with Gasteiger partial charge in [-0.3, -0.25) is 4.79 Å². The van der Waals surface area contributed by atoms with Gasteiger partial charge in [-0.2, -0.15) is 0 Å². The smallest absolute Gasteiger partial charge is 0.251 e. The van der Waals surface area contributed by atoms with Gasteiger partial charge >= 0.3 is 0 Å². The molecule has 1 fully saturated rings. The van der Waals surface area contributed by atoms with E-state index in [1.807, 2.05) is 24.3 Å². The highest BCUT2D eigenvalue weighted by Gasteiger charge is 2.20. The van der Waals surface area contributed by atoms with Crippen LogP contribution < -0.4 is 10.1 Å². The van der Waals surface area contributed by atoms with Gasteiger partial charge in [-0.05, 0) is 86.6 Å². The van der Waals surface area contributed by atoms with E-state index >= 15 is 0 Å². The summed E-state index contributed by atoms with van der Waals surface area (Å²) in [6, 6.07) is 18.6. The summed E-state index contributed by atoms with van der Waals surface area (Å²) in [5, 5.41) is 3.02. The molecule has 33 heavy (non-hydrogen) atoms. The van der Waals surface area contributed by atoms with Crippen LogP contribution in [0.1, 0.15) is 53.7 Å². The highest BCUT2D eigenvalue weighted by atomic mass is 16.5. The number of hydrogen-bond acceptors (Lipinski definition) is 3. The Balaban J connectivity index is 1.46. The standard InChI is InChI=1S/C28H32N2O3/c1-32-24-9-5-8-21(17-24)27-18-22-7-3-2-4-11-26(22)30(27)23-14-12-20(13-15-23)28(31)29-19-25-10-6-16-33-25/h5,8-9,12-15,17-18,25H,2-4,6-7,10-11,16,19H2,1H3,(H,29,31)/t25-/m1/s1. The number of rotatable bonds is 6. The Bertz CT molecular complexity index is 1110. The SMILES string of the molecule is COc1cccc(-c2cc3c(n2-c2ccc(C(=O)NC[C@H]4CCCO4)cc2)CCCCC3)c1. The van der Waals surface area contributed by atoms with Crippen LogP contribution >= 0.6 is 0 Å². The molecule has 172 valence electrons. The normalized spacial score (nSPS) is 17.9. The van der Waals surface area contributed by atoms with Crippen molar-refractivity contribution in [2.45, 2.75) is 51.0 Å². The second-order valence-corrected chi connectivity index (χ2v) is 9.02. The molecule has 3 aromatic rings. The van der Waals surface area contributed by atoms with Crippen molar-refractivity contribution in [2.24, 2.45) is 0 Å². The van der Waals surface area contributed by atoms with Gasteiger partial charge in [0.2, 0.25) is 0 Å². The van der Waals surface area contributed by atoms with Crippen molar-refractivity contribution in [1.29, 1.82) is 0 Å². The van der Waals surface area contributed by atoms with Gasteiger partial charge in [0.15, 0.2) is 0 Å². The lowest BCUT2D eigenvalue weighted by molar-refractivity contribution is 0.0858. The number of aryl methyl sites for hydroxylation is 1. The highest BCUT2D eigenvalue weighted by molar-refractivity contribution is 5.94. The third kappa shape index (κ3) is 4.69. The van der Waals surface area contributed by atoms with Crippen molar-refractivity contribution in [1.82, 2.24) is 9.88 Å². The van der Waals surface area contributed by atoms with Gasteiger partial charge in [0.1, 0.15) is 5.75 Å². The molecule has 1 N–H and O–H groups in total. The molecule has 5 rings (SSSR count). The first-order chi connectivity index (χ1) is 16.2. The zero-order chi connectivity index (χ0) is 22.6. The minimum Gasteiger partial charge on any atom is -0.497 e. The maximum atomic E-state index is 12.6. The van der Waals surface area contributed by atoms with Crippen LogP contribution in [0.2, 0.25) is 0 Å². The summed E-state index contributed by atoms with van der Waals surface area (Å²) >= 11 is 0. The number of methoxy groups -OCH3 is 1. The van der Waals surface area contributed by atoms with E-state index in [0.29, 0.717) is 12.1 Å². The van der Waals surface area contributed by atoms with Crippen LogP contribution in [0.15, 0.2) is 54.6 Å². The molecular formula is C28H32N2O3. The van der Waals surface area contributed by atoms with E-state index in [9.17, 15) is 4.79 Å². The zero-order valence-corrected chi connectivity index (χ0v) is 19.3. The number of nitrogens with one attached hydrogen (secondary N) is 1. The Labute approximate surface area is 195 Å². The summed E-state index contributed by atoms with van der Waals surface area (Å²) in [5.74, 6) is 0.810. The van der Waals surface area contributed by atoms with E-state index in [-0.39, 0.29) is 12.0 Å². The molecular weight excluding hydrogens is 412 g/mol. The van der Waals surface area contributed by atoms with Gasteiger partial charge in [-0.1, -0.05) is 18.6 Å². The molecule has 1 aromatic heterocycles. The van der Waals surface area contributed by atoms with E-state index in [0.717, 1.165) is 49.3 Å². The van der Waals surface area contributed by atoms with Gasteiger partial charge in [0.25, 0.3) is 5.91 Å². The van der Waals surface area contributed by atoms with Crippen LogP contribution in [0.3, 0.4) is 0 Å². The van der Waals surface area contributed by atoms with E-state index in [2.05, 4.69) is 40.2 Å². The van der Waals surface area contributed by atoms with Crippen LogP contribution in [-0.2, 0) is 17.6 Å². The molecule has 0 bridgehead atoms. The van der Waals surface area contributed by atoms with E-state index in [1.54, 1.807) is 7.11 Å². The average molecular weight is 445 g/mol. The van der Waals surface area contributed by atoms with Crippen molar-refractivity contribution >= 4 is 5.91 Å². The highest BCUT2D eigenvalue weighted by Crippen LogP contribution is 2.34. The monoisotopic (exact) mass is 444 g/mol. The second-order valence-electron chi connectivity index (χ2n) is 9.02. The molecule has 2 heterocycles. The molecule has 1 aliphatic carbocycles. The van der Waals surface area contributed by atoms with Gasteiger partial charge < -0.3 is 19.4 Å². The van der Waals surface area contributed by atoms with Crippen molar-refractivity contribution in [2.75, 3.05) is 20.3 Å². The Morgan fingerprint density at radius 3 is 2.70 bits per heavy atom. The number of fused-ring (bicyclic) bond motifs is 1. The van der Waals surface area contributed by atoms with Gasteiger partial charge in [-0.25, -0.2) is 0 Å². The first kappa shape index (κ1) is 21.8. The van der Waals surface area contributed by atoms with E-state index in [1.165, 1.54) is 36.2 Å². The van der Waals surface area contributed by atoms with Gasteiger partial charge in [0.05, 0.1) is 18.9 Å². The Morgan fingerprint density at radius 2 is 1.91 bits per heavy atom. The molecule has 1 atom stereocenters. The van der Waals surface area contributed by atoms with Crippen LogP contribution in [0, 0.1) is 0 Å². The average Bonchev–Trinajstić information content (AvgIpc) is 3.45. The maximum absolute atomic E-state index is 12.6. The molecule has 0 unspecified atom stereocenters. The predicted molar refractivity (Wildman–Crippen MR) is 130 cm³/mol. The molecule has 0 radical (unpaired) electrons. The molecule has 0 saturated carbocycles. The quantitative estimate of drug-likeness (QED) is 0.523. The first-order valence-corrected chi connectivity index (χ1v) is 12.1. The summed E-state index contributed by atoms with van der Waals surface area (Å²) in [6.07, 6.45) is 8.14. The lowest BCUT2D eigenvalue weighted by Crippen LogP contribution is -2.31. The molecule has 1 saturated heterocycles. The van der Waals surface area contributed by atoms with Crippen LogP contribution in [0.5, 0.6) is 5.75 Å². The van der Waals surface area contributed by atoms with E-state index in [4.69, 9.17) is 9.47 Å². The molecule has 2 aliphatic rings. The van der Waals surface area contributed by atoms with Crippen molar-refractivity contribution < 1.29 is 14.3 Å². The Kier molecular flexibility index (Phi) is 6.49. The van der Waals surface area contributed by atoms with Crippen LogP contribution in [0.25, 0.3) is 16.9 Å². The largest absolute Gasteiger partial charge is 0.497 e.